The van der Waals surface area contributed by atoms with Gasteiger partial charge in [-0.15, -0.1) is 0 Å². The molecule has 70 heavy (non-hydrogen) atoms. The van der Waals surface area contributed by atoms with E-state index in [1.54, 1.807) is 6.07 Å². The Morgan fingerprint density at radius 1 is 0.371 bits per heavy atom. The van der Waals surface area contributed by atoms with Crippen LogP contribution in [0.3, 0.4) is 0 Å². The van der Waals surface area contributed by atoms with E-state index in [-0.39, 0.29) is 21.7 Å². The molecule has 10 aromatic rings. The van der Waals surface area contributed by atoms with E-state index in [4.69, 9.17) is 4.98 Å². The Morgan fingerprint density at radius 3 is 1.14 bits per heavy atom. The number of pyridine rings is 1. The molecule has 0 aliphatic carbocycles. The summed E-state index contributed by atoms with van der Waals surface area (Å²) in [6.45, 7) is 27.3. The molecule has 10 rings (SSSR count). The van der Waals surface area contributed by atoms with Gasteiger partial charge in [-0.05, 0) is 116 Å². The van der Waals surface area contributed by atoms with E-state index in [9.17, 15) is 10.5 Å². The Morgan fingerprint density at radius 2 is 0.757 bits per heavy atom. The molecule has 0 bridgehead atoms. The third-order valence-electron chi connectivity index (χ3n) is 14.2. The van der Waals surface area contributed by atoms with Gasteiger partial charge < -0.3 is 4.57 Å². The van der Waals surface area contributed by atoms with Crippen molar-refractivity contribution in [1.29, 1.82) is 10.5 Å². The smallest absolute Gasteiger partial charge is 0.147 e. The van der Waals surface area contributed by atoms with E-state index >= 15 is 0 Å². The van der Waals surface area contributed by atoms with Gasteiger partial charge >= 0.3 is 0 Å². The Bertz CT molecular complexity index is 3660. The highest BCUT2D eigenvalue weighted by molar-refractivity contribution is 6.14. The molecule has 0 N–H and O–H groups in total. The maximum absolute atomic E-state index is 10.7. The average Bonchev–Trinajstić information content (AvgIpc) is 3.83. The molecule has 0 spiro atoms. The Balaban J connectivity index is 1.49. The minimum absolute atomic E-state index is 0.0787. The van der Waals surface area contributed by atoms with Crippen LogP contribution < -0.4 is 0 Å². The summed E-state index contributed by atoms with van der Waals surface area (Å²) in [6, 6.07) is 59.3. The minimum Gasteiger partial charge on any atom is -0.306 e. The molecule has 3 aromatic heterocycles. The maximum Gasteiger partial charge on any atom is 0.147 e. The van der Waals surface area contributed by atoms with Gasteiger partial charge in [0.25, 0.3) is 0 Å². The lowest BCUT2D eigenvalue weighted by molar-refractivity contribution is 0.590. The predicted molar refractivity (Wildman–Crippen MR) is 293 cm³/mol. The van der Waals surface area contributed by atoms with E-state index in [1.165, 1.54) is 22.3 Å². The lowest BCUT2D eigenvalue weighted by Gasteiger charge is -2.26. The molecule has 0 fully saturated rings. The molecule has 5 nitrogen and oxygen atoms in total. The van der Waals surface area contributed by atoms with Crippen molar-refractivity contribution in [3.8, 4) is 57.2 Å². The summed E-state index contributed by atoms with van der Waals surface area (Å²) in [5.41, 5.74) is 15.8. The van der Waals surface area contributed by atoms with E-state index in [2.05, 4.69) is 238 Å². The van der Waals surface area contributed by atoms with E-state index in [0.29, 0.717) is 11.1 Å². The number of hydrogen-bond donors (Lipinski definition) is 0. The molecule has 0 saturated carbocycles. The van der Waals surface area contributed by atoms with Crippen molar-refractivity contribution in [2.45, 2.75) is 105 Å². The van der Waals surface area contributed by atoms with Crippen LogP contribution in [0.1, 0.15) is 116 Å². The predicted octanol–water partition coefficient (Wildman–Crippen LogP) is 17.2. The monoisotopic (exact) mass is 911 g/mol. The van der Waals surface area contributed by atoms with Crippen LogP contribution in [-0.2, 0) is 21.7 Å². The first-order valence-electron chi connectivity index (χ1n) is 24.5. The first-order chi connectivity index (χ1) is 33.2. The molecule has 0 unspecified atom stereocenters. The zero-order valence-electron chi connectivity index (χ0n) is 42.7. The summed E-state index contributed by atoms with van der Waals surface area (Å²) in [4.78, 5) is 6.07. The van der Waals surface area contributed by atoms with E-state index < -0.39 is 0 Å². The summed E-state index contributed by atoms with van der Waals surface area (Å²) in [5.74, 6) is 0.768. The summed E-state index contributed by atoms with van der Waals surface area (Å²) >= 11 is 0. The van der Waals surface area contributed by atoms with Crippen LogP contribution in [0.2, 0.25) is 0 Å². The number of aromatic nitrogens is 3. The summed E-state index contributed by atoms with van der Waals surface area (Å²) in [7, 11) is 0. The van der Waals surface area contributed by atoms with Gasteiger partial charge in [-0.25, -0.2) is 4.98 Å². The van der Waals surface area contributed by atoms with Gasteiger partial charge in [-0.1, -0.05) is 174 Å². The van der Waals surface area contributed by atoms with Crippen LogP contribution in [-0.4, -0.2) is 14.1 Å². The van der Waals surface area contributed by atoms with Crippen molar-refractivity contribution in [3.63, 3.8) is 0 Å². The quantitative estimate of drug-likeness (QED) is 0.173. The van der Waals surface area contributed by atoms with Crippen LogP contribution in [0.5, 0.6) is 0 Å². The highest BCUT2D eigenvalue weighted by atomic mass is 15.1. The maximum atomic E-state index is 10.7. The number of rotatable bonds is 5. The van der Waals surface area contributed by atoms with Gasteiger partial charge in [-0.2, -0.15) is 10.5 Å². The van der Waals surface area contributed by atoms with E-state index in [0.717, 1.165) is 88.6 Å². The molecular weight excluding hydrogens is 851 g/mol. The fourth-order valence-corrected chi connectivity index (χ4v) is 10.2. The number of nitriles is 2. The number of fused-ring (bicyclic) bond motifs is 6. The van der Waals surface area contributed by atoms with Gasteiger partial charge in [0, 0.05) is 38.2 Å². The molecule has 7 aromatic carbocycles. The Labute approximate surface area is 413 Å². The molecule has 0 radical (unpaired) electrons. The van der Waals surface area contributed by atoms with Crippen LogP contribution >= 0.6 is 0 Å². The lowest BCUT2D eigenvalue weighted by Crippen LogP contribution is -2.12. The standard InChI is InChI=1S/C65H61N5/c1-62(2,3)45-25-29-53-49(34-45)50-35-46(63(4,5)6)26-30-54(50)69(53)60-57(42-23-24-43(38-66)44(33-42)39-67)58(40-19-15-13-16-20-40)61(68-59(60)41-21-17-14-18-22-41)70-55-31-27-47(64(7,8)9)36-51(55)52-37-48(65(10,11)12)28-32-56(52)70/h13-37H,1-12H3. The number of benzene rings is 7. The first kappa shape index (κ1) is 46.0. The second-order valence-corrected chi connectivity index (χ2v) is 23.2. The molecule has 3 heterocycles. The number of nitrogens with zero attached hydrogens (tertiary/aromatic N) is 5. The topological polar surface area (TPSA) is 70.3 Å². The lowest BCUT2D eigenvalue weighted by atomic mass is 9.85. The van der Waals surface area contributed by atoms with Crippen molar-refractivity contribution >= 4 is 43.6 Å². The average molecular weight is 912 g/mol. The van der Waals surface area contributed by atoms with Crippen LogP contribution in [0, 0.1) is 22.7 Å². The third kappa shape index (κ3) is 7.75. The molecule has 0 atom stereocenters. The van der Waals surface area contributed by atoms with Crippen LogP contribution in [0.25, 0.3) is 88.6 Å². The molecule has 0 amide bonds. The Kier molecular flexibility index (Phi) is 10.8. The fraction of sp³-hybridized carbons (Fsp3) is 0.246. The summed E-state index contributed by atoms with van der Waals surface area (Å²) in [5, 5.41) is 25.7. The highest BCUT2D eigenvalue weighted by Crippen LogP contribution is 2.50. The van der Waals surface area contributed by atoms with E-state index in [1.807, 2.05) is 12.1 Å². The minimum atomic E-state index is -0.0892. The van der Waals surface area contributed by atoms with Gasteiger partial charge in [0.1, 0.15) is 18.0 Å². The van der Waals surface area contributed by atoms with Gasteiger partial charge in [0.2, 0.25) is 0 Å². The summed E-state index contributed by atoms with van der Waals surface area (Å²) in [6.07, 6.45) is 0. The zero-order chi connectivity index (χ0) is 49.7. The Hall–Kier alpha value is -7.73. The molecular formula is C65H61N5. The first-order valence-corrected chi connectivity index (χ1v) is 24.5. The zero-order valence-corrected chi connectivity index (χ0v) is 42.7. The van der Waals surface area contributed by atoms with Gasteiger partial charge in [-0.3, -0.25) is 4.57 Å². The van der Waals surface area contributed by atoms with Crippen molar-refractivity contribution in [1.82, 2.24) is 14.1 Å². The SMILES string of the molecule is CC(C)(C)c1ccc2c(c1)c1cc(C(C)(C)C)ccc1n2-c1nc(-c2ccccc2)c(-n2c3ccc(C(C)(C)C)cc3c3cc(C(C)(C)C)ccc32)c(-c2ccc(C#N)c(C#N)c2)c1-c1ccccc1. The largest absolute Gasteiger partial charge is 0.306 e. The van der Waals surface area contributed by atoms with Gasteiger partial charge in [0.05, 0.1) is 44.6 Å². The van der Waals surface area contributed by atoms with Crippen molar-refractivity contribution in [3.05, 3.63) is 185 Å². The molecule has 346 valence electrons. The van der Waals surface area contributed by atoms with Crippen molar-refractivity contribution in [2.24, 2.45) is 0 Å². The van der Waals surface area contributed by atoms with Crippen molar-refractivity contribution < 1.29 is 0 Å². The molecule has 0 saturated heterocycles. The fourth-order valence-electron chi connectivity index (χ4n) is 10.2. The van der Waals surface area contributed by atoms with Crippen molar-refractivity contribution in [2.75, 3.05) is 0 Å². The van der Waals surface area contributed by atoms with Crippen LogP contribution in [0.15, 0.2) is 152 Å². The second-order valence-electron chi connectivity index (χ2n) is 23.2. The summed E-state index contributed by atoms with van der Waals surface area (Å²) < 4.78 is 4.79. The molecule has 5 heteroatoms. The highest BCUT2D eigenvalue weighted by Gasteiger charge is 2.31. The van der Waals surface area contributed by atoms with Crippen LogP contribution in [0.4, 0.5) is 0 Å². The van der Waals surface area contributed by atoms with Gasteiger partial charge in [0.15, 0.2) is 0 Å². The normalized spacial score (nSPS) is 12.5. The third-order valence-corrected chi connectivity index (χ3v) is 14.2. The number of hydrogen-bond acceptors (Lipinski definition) is 3. The molecule has 0 aliphatic rings. The second kappa shape index (κ2) is 16.5. The molecule has 0 aliphatic heterocycles.